The van der Waals surface area contributed by atoms with E-state index in [1.54, 1.807) is 20.8 Å². The van der Waals surface area contributed by atoms with Gasteiger partial charge in [0.2, 0.25) is 11.8 Å². The van der Waals surface area contributed by atoms with E-state index in [1.807, 2.05) is 0 Å². The number of ether oxygens (including phenoxy) is 2. The van der Waals surface area contributed by atoms with E-state index in [4.69, 9.17) is 4.74 Å². The Hall–Kier alpha value is -2.32. The third kappa shape index (κ3) is 4.25. The molecule has 146 valence electrons. The quantitative estimate of drug-likeness (QED) is 0.690. The summed E-state index contributed by atoms with van der Waals surface area (Å²) in [6, 6.07) is -0.718. The Labute approximate surface area is 152 Å². The summed E-state index contributed by atoms with van der Waals surface area (Å²) in [5.74, 6) is -1.21. The van der Waals surface area contributed by atoms with E-state index in [1.165, 1.54) is 12.0 Å². The van der Waals surface area contributed by atoms with Gasteiger partial charge in [0.15, 0.2) is 0 Å². The van der Waals surface area contributed by atoms with Crippen LogP contribution >= 0.6 is 0 Å². The van der Waals surface area contributed by atoms with Crippen LogP contribution in [0.15, 0.2) is 0 Å². The molecule has 0 aromatic heterocycles. The average molecular weight is 369 g/mol. The molecule has 3 amide bonds. The van der Waals surface area contributed by atoms with Gasteiger partial charge >= 0.3 is 12.1 Å². The first kappa shape index (κ1) is 20.0. The third-order valence-corrected chi connectivity index (χ3v) is 4.63. The second-order valence-electron chi connectivity index (χ2n) is 7.62. The molecule has 26 heavy (non-hydrogen) atoms. The summed E-state index contributed by atoms with van der Waals surface area (Å²) in [7, 11) is 1.24. The number of esters is 1. The number of carbonyl (C=O) groups is 4. The van der Waals surface area contributed by atoms with Crippen LogP contribution in [-0.2, 0) is 23.9 Å². The molecular weight excluding hydrogens is 342 g/mol. The maximum atomic E-state index is 12.8. The molecule has 2 aliphatic heterocycles. The average Bonchev–Trinajstić information content (AvgIpc) is 2.99. The highest BCUT2D eigenvalue weighted by atomic mass is 16.6. The van der Waals surface area contributed by atoms with Gasteiger partial charge in [-0.3, -0.25) is 14.4 Å². The van der Waals surface area contributed by atoms with Crippen molar-refractivity contribution in [2.24, 2.45) is 0 Å². The Morgan fingerprint density at radius 1 is 1.27 bits per heavy atom. The lowest BCUT2D eigenvalue weighted by molar-refractivity contribution is -0.152. The largest absolute Gasteiger partial charge is 0.468 e. The van der Waals surface area contributed by atoms with Crippen LogP contribution in [-0.4, -0.2) is 66.2 Å². The fourth-order valence-electron chi connectivity index (χ4n) is 3.48. The molecule has 2 atom stereocenters. The first-order valence-electron chi connectivity index (χ1n) is 8.75. The fourth-order valence-corrected chi connectivity index (χ4v) is 3.48. The minimum Gasteiger partial charge on any atom is -0.468 e. The Morgan fingerprint density at radius 3 is 2.58 bits per heavy atom. The maximum absolute atomic E-state index is 12.8. The molecule has 0 bridgehead atoms. The van der Waals surface area contributed by atoms with Crippen LogP contribution in [0.2, 0.25) is 0 Å². The molecule has 2 aliphatic rings. The number of amides is 3. The molecule has 2 saturated heterocycles. The monoisotopic (exact) mass is 369 g/mol. The van der Waals surface area contributed by atoms with Gasteiger partial charge in [-0.05, 0) is 46.5 Å². The van der Waals surface area contributed by atoms with E-state index in [9.17, 15) is 19.2 Å². The number of nitrogens with one attached hydrogen (secondary N) is 2. The molecule has 0 aliphatic carbocycles. The minimum absolute atomic E-state index is 0.237. The van der Waals surface area contributed by atoms with Crippen LogP contribution in [0, 0.1) is 0 Å². The molecule has 0 aromatic rings. The predicted octanol–water partition coefficient (Wildman–Crippen LogP) is 0.324. The van der Waals surface area contributed by atoms with Crippen molar-refractivity contribution < 1.29 is 28.7 Å². The van der Waals surface area contributed by atoms with Crippen LogP contribution < -0.4 is 10.6 Å². The van der Waals surface area contributed by atoms with Gasteiger partial charge < -0.3 is 25.0 Å². The molecule has 9 nitrogen and oxygen atoms in total. The molecule has 0 radical (unpaired) electrons. The maximum Gasteiger partial charge on any atom is 0.408 e. The number of rotatable bonds is 4. The summed E-state index contributed by atoms with van der Waals surface area (Å²) < 4.78 is 9.72. The standard InChI is InChI=1S/C17H27N3O6/c1-16(2,3)26-15(24)19-11-6-8-17(7-5-9-20(17)13(11)22)14(23)18-10-12(21)25-4/h11H,5-10H2,1-4H3,(H,18,23)(H,19,24)/t11-,17+/m0/s1. The number of fused-ring (bicyclic) bond motifs is 1. The van der Waals surface area contributed by atoms with Crippen LogP contribution in [0.5, 0.6) is 0 Å². The number of hydrogen-bond donors (Lipinski definition) is 2. The summed E-state index contributed by atoms with van der Waals surface area (Å²) in [5, 5.41) is 5.15. The summed E-state index contributed by atoms with van der Waals surface area (Å²) >= 11 is 0. The highest BCUT2D eigenvalue weighted by Crippen LogP contribution is 2.38. The second-order valence-corrected chi connectivity index (χ2v) is 7.62. The van der Waals surface area contributed by atoms with Gasteiger partial charge in [0, 0.05) is 6.54 Å². The van der Waals surface area contributed by atoms with Crippen LogP contribution in [0.25, 0.3) is 0 Å². The van der Waals surface area contributed by atoms with Crippen molar-refractivity contribution in [2.75, 3.05) is 20.2 Å². The Morgan fingerprint density at radius 2 is 1.96 bits per heavy atom. The van der Waals surface area contributed by atoms with Gasteiger partial charge in [-0.25, -0.2) is 4.79 Å². The summed E-state index contributed by atoms with van der Waals surface area (Å²) in [6.07, 6.45) is 1.31. The van der Waals surface area contributed by atoms with Crippen molar-refractivity contribution in [3.8, 4) is 0 Å². The van der Waals surface area contributed by atoms with Crippen molar-refractivity contribution in [3.63, 3.8) is 0 Å². The first-order valence-corrected chi connectivity index (χ1v) is 8.75. The molecular formula is C17H27N3O6. The second kappa shape index (κ2) is 7.51. The summed E-state index contributed by atoms with van der Waals surface area (Å²) in [4.78, 5) is 50.2. The topological polar surface area (TPSA) is 114 Å². The van der Waals surface area contributed by atoms with Crippen molar-refractivity contribution in [1.29, 1.82) is 0 Å². The molecule has 2 fully saturated rings. The number of alkyl carbamates (subject to hydrolysis) is 1. The van der Waals surface area contributed by atoms with Crippen LogP contribution in [0.1, 0.15) is 46.5 Å². The lowest BCUT2D eigenvalue weighted by atomic mass is 9.83. The zero-order valence-electron chi connectivity index (χ0n) is 15.7. The SMILES string of the molecule is COC(=O)CNC(=O)[C@]12CCCN1C(=O)[C@@H](NC(=O)OC(C)(C)C)CC2. The predicted molar refractivity (Wildman–Crippen MR) is 91.1 cm³/mol. The lowest BCUT2D eigenvalue weighted by Gasteiger charge is -2.43. The molecule has 9 heteroatoms. The van der Waals surface area contributed by atoms with E-state index >= 15 is 0 Å². The van der Waals surface area contributed by atoms with E-state index < -0.39 is 29.2 Å². The smallest absolute Gasteiger partial charge is 0.408 e. The number of nitrogens with zero attached hydrogens (tertiary/aromatic N) is 1. The van der Waals surface area contributed by atoms with E-state index in [2.05, 4.69) is 15.4 Å². The molecule has 0 unspecified atom stereocenters. The van der Waals surface area contributed by atoms with Gasteiger partial charge in [0.25, 0.3) is 0 Å². The number of piperidine rings is 1. The molecule has 2 rings (SSSR count). The lowest BCUT2D eigenvalue weighted by Crippen LogP contribution is -2.65. The minimum atomic E-state index is -0.961. The zero-order chi connectivity index (χ0) is 19.5. The Bertz CT molecular complexity index is 600. The van der Waals surface area contributed by atoms with Crippen molar-refractivity contribution >= 4 is 23.9 Å². The van der Waals surface area contributed by atoms with Gasteiger partial charge in [0.05, 0.1) is 7.11 Å². The molecule has 0 spiro atoms. The molecule has 0 saturated carbocycles. The summed E-state index contributed by atoms with van der Waals surface area (Å²) in [5.41, 5.74) is -1.62. The number of hydrogen-bond acceptors (Lipinski definition) is 6. The van der Waals surface area contributed by atoms with Crippen LogP contribution in [0.3, 0.4) is 0 Å². The Balaban J connectivity index is 2.04. The number of methoxy groups -OCH3 is 1. The Kier molecular flexibility index (Phi) is 5.77. The number of carbonyl (C=O) groups excluding carboxylic acids is 4. The fraction of sp³-hybridized carbons (Fsp3) is 0.765. The summed E-state index contributed by atoms with van der Waals surface area (Å²) in [6.45, 7) is 5.43. The highest BCUT2D eigenvalue weighted by Gasteiger charge is 2.54. The molecule has 2 N–H and O–H groups in total. The van der Waals surface area contributed by atoms with Gasteiger partial charge in [0.1, 0.15) is 23.7 Å². The third-order valence-electron chi connectivity index (χ3n) is 4.63. The van der Waals surface area contributed by atoms with E-state index in [-0.39, 0.29) is 18.4 Å². The van der Waals surface area contributed by atoms with Crippen molar-refractivity contribution in [2.45, 2.75) is 63.6 Å². The van der Waals surface area contributed by atoms with Crippen molar-refractivity contribution in [3.05, 3.63) is 0 Å². The first-order chi connectivity index (χ1) is 12.1. The zero-order valence-corrected chi connectivity index (χ0v) is 15.7. The van der Waals surface area contributed by atoms with Gasteiger partial charge in [-0.15, -0.1) is 0 Å². The normalized spacial score (nSPS) is 25.3. The molecule has 0 aromatic carbocycles. The van der Waals surface area contributed by atoms with Crippen molar-refractivity contribution in [1.82, 2.24) is 15.5 Å². The van der Waals surface area contributed by atoms with Gasteiger partial charge in [-0.2, -0.15) is 0 Å². The molecule has 2 heterocycles. The van der Waals surface area contributed by atoms with Crippen LogP contribution in [0.4, 0.5) is 4.79 Å². The highest BCUT2D eigenvalue weighted by molar-refractivity contribution is 5.97. The van der Waals surface area contributed by atoms with E-state index in [0.717, 1.165) is 0 Å². The van der Waals surface area contributed by atoms with E-state index in [0.29, 0.717) is 32.2 Å². The van der Waals surface area contributed by atoms with Gasteiger partial charge in [-0.1, -0.05) is 0 Å².